The number of rotatable bonds is 2. The van der Waals surface area contributed by atoms with E-state index in [0.29, 0.717) is 5.69 Å². The Morgan fingerprint density at radius 2 is 2.11 bits per heavy atom. The maximum atomic E-state index is 11.8. The van der Waals surface area contributed by atoms with Gasteiger partial charge in [0.15, 0.2) is 0 Å². The van der Waals surface area contributed by atoms with E-state index in [2.05, 4.69) is 21.0 Å². The van der Waals surface area contributed by atoms with Crippen LogP contribution in [0.2, 0.25) is 0 Å². The van der Waals surface area contributed by atoms with Crippen LogP contribution < -0.4 is 11.2 Å². The molecular formula is C13H14BrN3O. The van der Waals surface area contributed by atoms with E-state index in [1.54, 1.807) is 17.7 Å². The molecular weight excluding hydrogens is 294 g/mol. The van der Waals surface area contributed by atoms with Crippen LogP contribution in [0.5, 0.6) is 0 Å². The van der Waals surface area contributed by atoms with E-state index in [-0.39, 0.29) is 11.5 Å². The molecule has 4 nitrogen and oxygen atoms in total. The van der Waals surface area contributed by atoms with E-state index >= 15 is 0 Å². The molecule has 0 fully saturated rings. The number of nitrogens with zero attached hydrogens (tertiary/aromatic N) is 2. The molecule has 2 N–H and O–H groups in total. The molecule has 0 amide bonds. The Labute approximate surface area is 114 Å². The normalized spacial score (nSPS) is 12.4. The predicted octanol–water partition coefficient (Wildman–Crippen LogP) is 2.32. The molecule has 2 rings (SSSR count). The van der Waals surface area contributed by atoms with Gasteiger partial charge in [0.1, 0.15) is 5.69 Å². The molecule has 1 aromatic heterocycles. The van der Waals surface area contributed by atoms with Gasteiger partial charge < -0.3 is 5.73 Å². The second kappa shape index (κ2) is 5.04. The molecule has 0 saturated heterocycles. The smallest absolute Gasteiger partial charge is 0.205 e. The summed E-state index contributed by atoms with van der Waals surface area (Å²) in [6.45, 7) is 3.60. The molecule has 0 radical (unpaired) electrons. The summed E-state index contributed by atoms with van der Waals surface area (Å²) in [6.07, 6.45) is 0. The lowest BCUT2D eigenvalue weighted by Crippen LogP contribution is -2.24. The van der Waals surface area contributed by atoms with Gasteiger partial charge in [-0.25, -0.2) is 4.68 Å². The van der Waals surface area contributed by atoms with Crippen LogP contribution in [0.15, 0.2) is 39.6 Å². The van der Waals surface area contributed by atoms with Crippen molar-refractivity contribution in [3.63, 3.8) is 0 Å². The van der Waals surface area contributed by atoms with E-state index < -0.39 is 0 Å². The molecule has 0 aliphatic carbocycles. The minimum atomic E-state index is -0.378. The van der Waals surface area contributed by atoms with Crippen LogP contribution >= 0.6 is 15.9 Å². The quantitative estimate of drug-likeness (QED) is 0.926. The number of aromatic nitrogens is 2. The van der Waals surface area contributed by atoms with Gasteiger partial charge in [-0.2, -0.15) is 5.10 Å². The Morgan fingerprint density at radius 1 is 1.39 bits per heavy atom. The van der Waals surface area contributed by atoms with Gasteiger partial charge in [0, 0.05) is 22.3 Å². The van der Waals surface area contributed by atoms with Gasteiger partial charge in [-0.1, -0.05) is 22.0 Å². The summed E-state index contributed by atoms with van der Waals surface area (Å²) in [5.74, 6) is 0. The summed E-state index contributed by atoms with van der Waals surface area (Å²) in [5, 5.41) is 4.34. The SMILES string of the molecule is Cc1cc(=O)c(C(C)N)nn1-c1cccc(Br)c1. The van der Waals surface area contributed by atoms with Crippen LogP contribution in [0, 0.1) is 6.92 Å². The van der Waals surface area contributed by atoms with E-state index in [1.807, 2.05) is 31.2 Å². The van der Waals surface area contributed by atoms with Crippen molar-refractivity contribution in [3.05, 3.63) is 56.4 Å². The van der Waals surface area contributed by atoms with Gasteiger partial charge in [-0.3, -0.25) is 4.79 Å². The van der Waals surface area contributed by atoms with Gasteiger partial charge in [0.05, 0.1) is 5.69 Å². The number of aryl methyl sites for hydroxylation is 1. The molecule has 5 heteroatoms. The molecule has 1 unspecified atom stereocenters. The monoisotopic (exact) mass is 307 g/mol. The largest absolute Gasteiger partial charge is 0.323 e. The molecule has 1 aromatic carbocycles. The summed E-state index contributed by atoms with van der Waals surface area (Å²) in [7, 11) is 0. The van der Waals surface area contributed by atoms with Crippen molar-refractivity contribution in [1.82, 2.24) is 9.78 Å². The third-order valence-electron chi connectivity index (χ3n) is 2.62. The van der Waals surface area contributed by atoms with Gasteiger partial charge >= 0.3 is 0 Å². The molecule has 0 aliphatic rings. The van der Waals surface area contributed by atoms with Crippen LogP contribution in [-0.4, -0.2) is 9.78 Å². The Bertz CT molecular complexity index is 634. The average molecular weight is 308 g/mol. The first-order chi connectivity index (χ1) is 8.49. The Morgan fingerprint density at radius 3 is 2.72 bits per heavy atom. The summed E-state index contributed by atoms with van der Waals surface area (Å²) in [4.78, 5) is 11.8. The molecule has 0 bridgehead atoms. The van der Waals surface area contributed by atoms with Gasteiger partial charge in [-0.15, -0.1) is 0 Å². The van der Waals surface area contributed by atoms with E-state index in [9.17, 15) is 4.79 Å². The highest BCUT2D eigenvalue weighted by molar-refractivity contribution is 9.10. The van der Waals surface area contributed by atoms with Crippen molar-refractivity contribution in [2.45, 2.75) is 19.9 Å². The Balaban J connectivity index is 2.64. The second-order valence-corrected chi connectivity index (χ2v) is 5.13. The third kappa shape index (κ3) is 2.52. The lowest BCUT2D eigenvalue weighted by Gasteiger charge is -2.12. The molecule has 0 saturated carbocycles. The minimum absolute atomic E-state index is 0.117. The zero-order valence-electron chi connectivity index (χ0n) is 10.2. The van der Waals surface area contributed by atoms with Crippen LogP contribution in [-0.2, 0) is 0 Å². The van der Waals surface area contributed by atoms with Gasteiger partial charge in [0.2, 0.25) is 5.43 Å². The van der Waals surface area contributed by atoms with Crippen molar-refractivity contribution in [3.8, 4) is 5.69 Å². The zero-order valence-corrected chi connectivity index (χ0v) is 11.8. The lowest BCUT2D eigenvalue weighted by atomic mass is 10.2. The predicted molar refractivity (Wildman–Crippen MR) is 74.9 cm³/mol. The van der Waals surface area contributed by atoms with E-state index in [1.165, 1.54) is 0 Å². The summed E-state index contributed by atoms with van der Waals surface area (Å²) < 4.78 is 2.69. The number of hydrogen-bond acceptors (Lipinski definition) is 3. The maximum Gasteiger partial charge on any atom is 0.205 e. The zero-order chi connectivity index (χ0) is 13.3. The molecule has 2 aromatic rings. The first-order valence-electron chi connectivity index (χ1n) is 5.61. The number of nitrogens with two attached hydrogens (primary N) is 1. The van der Waals surface area contributed by atoms with Crippen molar-refractivity contribution < 1.29 is 0 Å². The maximum absolute atomic E-state index is 11.8. The summed E-state index contributed by atoms with van der Waals surface area (Å²) in [5.41, 5.74) is 7.69. The molecule has 0 aliphatic heterocycles. The minimum Gasteiger partial charge on any atom is -0.323 e. The summed E-state index contributed by atoms with van der Waals surface area (Å²) in [6, 6.07) is 8.91. The van der Waals surface area contributed by atoms with Gasteiger partial charge in [-0.05, 0) is 32.0 Å². The Hall–Kier alpha value is -1.46. The highest BCUT2D eigenvalue weighted by Gasteiger charge is 2.10. The van der Waals surface area contributed by atoms with E-state index in [4.69, 9.17) is 5.73 Å². The number of benzene rings is 1. The van der Waals surface area contributed by atoms with Crippen LogP contribution in [0.3, 0.4) is 0 Å². The van der Waals surface area contributed by atoms with Gasteiger partial charge in [0.25, 0.3) is 0 Å². The number of halogens is 1. The molecule has 1 heterocycles. The van der Waals surface area contributed by atoms with Crippen LogP contribution in [0.4, 0.5) is 0 Å². The summed E-state index contributed by atoms with van der Waals surface area (Å²) >= 11 is 3.42. The average Bonchev–Trinajstić information content (AvgIpc) is 2.28. The van der Waals surface area contributed by atoms with Crippen molar-refractivity contribution in [2.75, 3.05) is 0 Å². The van der Waals surface area contributed by atoms with E-state index in [0.717, 1.165) is 15.9 Å². The topological polar surface area (TPSA) is 60.9 Å². The third-order valence-corrected chi connectivity index (χ3v) is 3.11. The first-order valence-corrected chi connectivity index (χ1v) is 6.41. The molecule has 18 heavy (non-hydrogen) atoms. The van der Waals surface area contributed by atoms with Crippen molar-refractivity contribution in [2.24, 2.45) is 5.73 Å². The molecule has 94 valence electrons. The Kier molecular flexibility index (Phi) is 3.63. The van der Waals surface area contributed by atoms with Crippen molar-refractivity contribution in [1.29, 1.82) is 0 Å². The molecule has 0 spiro atoms. The first kappa shape index (κ1) is 13.0. The molecule has 1 atom stereocenters. The van der Waals surface area contributed by atoms with Crippen molar-refractivity contribution >= 4 is 15.9 Å². The highest BCUT2D eigenvalue weighted by atomic mass is 79.9. The second-order valence-electron chi connectivity index (χ2n) is 4.22. The fourth-order valence-corrected chi connectivity index (χ4v) is 2.13. The highest BCUT2D eigenvalue weighted by Crippen LogP contribution is 2.16. The standard InChI is InChI=1S/C13H14BrN3O/c1-8-6-12(18)13(9(2)15)16-17(8)11-5-3-4-10(14)7-11/h3-7,9H,15H2,1-2H3. The fraction of sp³-hybridized carbons (Fsp3) is 0.231. The van der Waals surface area contributed by atoms with Crippen LogP contribution in [0.25, 0.3) is 5.69 Å². The number of hydrogen-bond donors (Lipinski definition) is 1. The lowest BCUT2D eigenvalue weighted by molar-refractivity contribution is 0.687. The van der Waals surface area contributed by atoms with Crippen LogP contribution in [0.1, 0.15) is 24.4 Å². The fourth-order valence-electron chi connectivity index (χ4n) is 1.75.